The Hall–Kier alpha value is -1.75. The van der Waals surface area contributed by atoms with E-state index >= 15 is 0 Å². The molecule has 1 unspecified atom stereocenters. The molecule has 1 saturated heterocycles. The van der Waals surface area contributed by atoms with Crippen LogP contribution >= 0.6 is 0 Å². The standard InChI is InChI=1S/C12H17N3O2/c1-12(4-5-17-7-12)15-10-3-2-8(11(14)16)6-9(10)13/h2-3,6,15H,4-5,7,13H2,1H3,(H2,14,16). The van der Waals surface area contributed by atoms with E-state index in [1.54, 1.807) is 18.2 Å². The largest absolute Gasteiger partial charge is 0.397 e. The van der Waals surface area contributed by atoms with Crippen LogP contribution in [0.2, 0.25) is 0 Å². The normalized spacial score (nSPS) is 23.6. The number of nitrogens with two attached hydrogens (primary N) is 2. The molecule has 0 saturated carbocycles. The van der Waals surface area contributed by atoms with Crippen molar-refractivity contribution in [3.8, 4) is 0 Å². The summed E-state index contributed by atoms with van der Waals surface area (Å²) in [4.78, 5) is 11.0. The van der Waals surface area contributed by atoms with Crippen LogP contribution in [-0.4, -0.2) is 24.7 Å². The van der Waals surface area contributed by atoms with Gasteiger partial charge in [-0.3, -0.25) is 4.79 Å². The van der Waals surface area contributed by atoms with Crippen molar-refractivity contribution in [2.45, 2.75) is 18.9 Å². The first-order valence-corrected chi connectivity index (χ1v) is 5.55. The molecule has 2 rings (SSSR count). The number of anilines is 2. The SMILES string of the molecule is CC1(Nc2ccc(C(N)=O)cc2N)CCOC1. The molecule has 1 atom stereocenters. The molecule has 1 amide bonds. The van der Waals surface area contributed by atoms with Gasteiger partial charge in [0.2, 0.25) is 5.91 Å². The Morgan fingerprint density at radius 3 is 2.82 bits per heavy atom. The van der Waals surface area contributed by atoms with Crippen LogP contribution in [0.4, 0.5) is 11.4 Å². The summed E-state index contributed by atoms with van der Waals surface area (Å²) in [7, 11) is 0. The second kappa shape index (κ2) is 4.25. The van der Waals surface area contributed by atoms with Gasteiger partial charge in [0, 0.05) is 12.2 Å². The van der Waals surface area contributed by atoms with Crippen LogP contribution in [0.5, 0.6) is 0 Å². The highest BCUT2D eigenvalue weighted by Crippen LogP contribution is 2.28. The molecule has 5 heteroatoms. The van der Waals surface area contributed by atoms with Gasteiger partial charge in [-0.25, -0.2) is 0 Å². The summed E-state index contributed by atoms with van der Waals surface area (Å²) in [6.07, 6.45) is 0.935. The summed E-state index contributed by atoms with van der Waals surface area (Å²) in [6, 6.07) is 5.03. The minimum Gasteiger partial charge on any atom is -0.397 e. The average Bonchev–Trinajstić information content (AvgIpc) is 2.68. The number of nitrogens with one attached hydrogen (secondary N) is 1. The monoisotopic (exact) mass is 235 g/mol. The third-order valence-corrected chi connectivity index (χ3v) is 2.99. The van der Waals surface area contributed by atoms with E-state index in [4.69, 9.17) is 16.2 Å². The molecular formula is C12H17N3O2. The quantitative estimate of drug-likeness (QED) is 0.680. The molecule has 5 nitrogen and oxygen atoms in total. The predicted octanol–water partition coefficient (Wildman–Crippen LogP) is 0.959. The van der Waals surface area contributed by atoms with E-state index in [0.29, 0.717) is 17.9 Å². The van der Waals surface area contributed by atoms with E-state index in [2.05, 4.69) is 12.2 Å². The molecule has 1 aliphatic heterocycles. The van der Waals surface area contributed by atoms with E-state index in [1.165, 1.54) is 0 Å². The molecule has 0 bridgehead atoms. The van der Waals surface area contributed by atoms with Gasteiger partial charge in [0.05, 0.1) is 23.5 Å². The fourth-order valence-corrected chi connectivity index (χ4v) is 1.92. The second-order valence-corrected chi connectivity index (χ2v) is 4.65. The van der Waals surface area contributed by atoms with Crippen molar-refractivity contribution in [3.63, 3.8) is 0 Å². The molecule has 0 aliphatic carbocycles. The summed E-state index contributed by atoms with van der Waals surface area (Å²) in [5.41, 5.74) is 12.7. The number of benzene rings is 1. The highest BCUT2D eigenvalue weighted by molar-refractivity contribution is 5.94. The van der Waals surface area contributed by atoms with Gasteiger partial charge in [-0.1, -0.05) is 0 Å². The first-order valence-electron chi connectivity index (χ1n) is 5.55. The Bertz CT molecular complexity index is 439. The fourth-order valence-electron chi connectivity index (χ4n) is 1.92. The first-order chi connectivity index (χ1) is 8.00. The molecule has 5 N–H and O–H groups in total. The Balaban J connectivity index is 2.19. The van der Waals surface area contributed by atoms with Gasteiger partial charge in [-0.2, -0.15) is 0 Å². The number of carbonyl (C=O) groups is 1. The molecule has 1 aliphatic rings. The highest BCUT2D eigenvalue weighted by Gasteiger charge is 2.29. The van der Waals surface area contributed by atoms with E-state index in [-0.39, 0.29) is 5.54 Å². The molecule has 0 radical (unpaired) electrons. The van der Waals surface area contributed by atoms with Crippen LogP contribution in [0.3, 0.4) is 0 Å². The number of carbonyl (C=O) groups excluding carboxylic acids is 1. The third kappa shape index (κ3) is 2.50. The maximum Gasteiger partial charge on any atom is 0.248 e. The predicted molar refractivity (Wildman–Crippen MR) is 66.8 cm³/mol. The average molecular weight is 235 g/mol. The molecule has 0 spiro atoms. The molecule has 1 aromatic carbocycles. The third-order valence-electron chi connectivity index (χ3n) is 2.99. The van der Waals surface area contributed by atoms with E-state index in [9.17, 15) is 4.79 Å². The lowest BCUT2D eigenvalue weighted by atomic mass is 10.0. The summed E-state index contributed by atoms with van der Waals surface area (Å²) < 4.78 is 5.36. The number of hydrogen-bond acceptors (Lipinski definition) is 4. The van der Waals surface area contributed by atoms with Crippen molar-refractivity contribution < 1.29 is 9.53 Å². The Kier molecular flexibility index (Phi) is 2.93. The van der Waals surface area contributed by atoms with Crippen molar-refractivity contribution in [1.82, 2.24) is 0 Å². The van der Waals surface area contributed by atoms with Crippen LogP contribution in [0, 0.1) is 0 Å². The van der Waals surface area contributed by atoms with Crippen LogP contribution in [0.25, 0.3) is 0 Å². The van der Waals surface area contributed by atoms with Crippen LogP contribution < -0.4 is 16.8 Å². The second-order valence-electron chi connectivity index (χ2n) is 4.65. The minimum absolute atomic E-state index is 0.0949. The summed E-state index contributed by atoms with van der Waals surface area (Å²) >= 11 is 0. The van der Waals surface area contributed by atoms with E-state index in [0.717, 1.165) is 18.7 Å². The number of primary amides is 1. The lowest BCUT2D eigenvalue weighted by molar-refractivity contribution is 0.100. The molecule has 1 fully saturated rings. The molecule has 17 heavy (non-hydrogen) atoms. The molecule has 1 heterocycles. The van der Waals surface area contributed by atoms with Gasteiger partial charge in [-0.05, 0) is 31.5 Å². The zero-order valence-electron chi connectivity index (χ0n) is 9.82. The molecule has 1 aromatic rings. The molecule has 92 valence electrons. The molecule has 0 aromatic heterocycles. The van der Waals surface area contributed by atoms with Gasteiger partial charge in [0.15, 0.2) is 0 Å². The Morgan fingerprint density at radius 1 is 1.53 bits per heavy atom. The van der Waals surface area contributed by atoms with Crippen molar-refractivity contribution in [2.75, 3.05) is 24.3 Å². The van der Waals surface area contributed by atoms with Crippen molar-refractivity contribution in [3.05, 3.63) is 23.8 Å². The lowest BCUT2D eigenvalue weighted by Gasteiger charge is -2.26. The number of amides is 1. The van der Waals surface area contributed by atoms with Crippen molar-refractivity contribution in [2.24, 2.45) is 5.73 Å². The highest BCUT2D eigenvalue weighted by atomic mass is 16.5. The first kappa shape index (κ1) is 11.7. The Morgan fingerprint density at radius 2 is 2.29 bits per heavy atom. The zero-order valence-corrected chi connectivity index (χ0v) is 9.82. The zero-order chi connectivity index (χ0) is 12.5. The van der Waals surface area contributed by atoms with Crippen molar-refractivity contribution >= 4 is 17.3 Å². The molecular weight excluding hydrogens is 218 g/mol. The maximum atomic E-state index is 11.0. The topological polar surface area (TPSA) is 90.4 Å². The van der Waals surface area contributed by atoms with Crippen LogP contribution in [0.15, 0.2) is 18.2 Å². The van der Waals surface area contributed by atoms with E-state index in [1.807, 2.05) is 0 Å². The Labute approximate surface area is 100 Å². The van der Waals surface area contributed by atoms with Gasteiger partial charge in [-0.15, -0.1) is 0 Å². The summed E-state index contributed by atoms with van der Waals surface area (Å²) in [5.74, 6) is -0.473. The van der Waals surface area contributed by atoms with Gasteiger partial charge in [0.25, 0.3) is 0 Å². The summed E-state index contributed by atoms with van der Waals surface area (Å²) in [6.45, 7) is 3.49. The van der Waals surface area contributed by atoms with Gasteiger partial charge in [0.1, 0.15) is 0 Å². The van der Waals surface area contributed by atoms with Crippen LogP contribution in [-0.2, 0) is 4.74 Å². The summed E-state index contributed by atoms with van der Waals surface area (Å²) in [5, 5.41) is 3.35. The number of nitrogen functional groups attached to an aromatic ring is 1. The number of ether oxygens (including phenoxy) is 1. The lowest BCUT2D eigenvalue weighted by Crippen LogP contribution is -2.35. The van der Waals surface area contributed by atoms with Gasteiger partial charge < -0.3 is 21.5 Å². The number of hydrogen-bond donors (Lipinski definition) is 3. The van der Waals surface area contributed by atoms with E-state index < -0.39 is 5.91 Å². The maximum absolute atomic E-state index is 11.0. The van der Waals surface area contributed by atoms with Gasteiger partial charge >= 0.3 is 0 Å². The minimum atomic E-state index is -0.473. The fraction of sp³-hybridized carbons (Fsp3) is 0.417. The van der Waals surface area contributed by atoms with Crippen molar-refractivity contribution in [1.29, 1.82) is 0 Å². The smallest absolute Gasteiger partial charge is 0.248 e. The van der Waals surface area contributed by atoms with Crippen LogP contribution in [0.1, 0.15) is 23.7 Å². The number of rotatable bonds is 3.